The van der Waals surface area contributed by atoms with E-state index in [9.17, 15) is 9.59 Å². The number of piperidine rings is 1. The largest absolute Gasteiger partial charge is 0.351 e. The lowest BCUT2D eigenvalue weighted by molar-refractivity contribution is 0.0857. The van der Waals surface area contributed by atoms with E-state index in [1.54, 1.807) is 31.3 Å². The molecule has 1 saturated heterocycles. The van der Waals surface area contributed by atoms with Crippen molar-refractivity contribution in [1.29, 1.82) is 0 Å². The molecule has 0 unspecified atom stereocenters. The molecule has 2 amide bonds. The van der Waals surface area contributed by atoms with E-state index < -0.39 is 6.03 Å². The molecular formula is C15H21N3O2. The van der Waals surface area contributed by atoms with Gasteiger partial charge in [-0.25, -0.2) is 4.79 Å². The van der Waals surface area contributed by atoms with Gasteiger partial charge in [-0.05, 0) is 45.1 Å². The van der Waals surface area contributed by atoms with Gasteiger partial charge in [-0.1, -0.05) is 12.1 Å². The summed E-state index contributed by atoms with van der Waals surface area (Å²) in [5.41, 5.74) is 6.56. The quantitative estimate of drug-likeness (QED) is 0.854. The molecular weight excluding hydrogens is 254 g/mol. The van der Waals surface area contributed by atoms with Gasteiger partial charge in [0.2, 0.25) is 0 Å². The number of nitrogens with two attached hydrogens (primary N) is 1. The minimum Gasteiger partial charge on any atom is -0.351 e. The third kappa shape index (κ3) is 3.17. The van der Waals surface area contributed by atoms with Gasteiger partial charge in [0.25, 0.3) is 0 Å². The summed E-state index contributed by atoms with van der Waals surface area (Å²) in [6.45, 7) is 1.91. The minimum atomic E-state index is -0.533. The van der Waals surface area contributed by atoms with Crippen molar-refractivity contribution in [2.75, 3.05) is 32.1 Å². The number of urea groups is 1. The van der Waals surface area contributed by atoms with E-state index in [1.807, 2.05) is 0 Å². The van der Waals surface area contributed by atoms with E-state index in [1.165, 1.54) is 4.90 Å². The van der Waals surface area contributed by atoms with Crippen LogP contribution >= 0.6 is 0 Å². The second kappa shape index (κ2) is 6.05. The van der Waals surface area contributed by atoms with Crippen LogP contribution in [0, 0.1) is 5.92 Å². The van der Waals surface area contributed by atoms with Crippen LogP contribution in [0.4, 0.5) is 10.5 Å². The zero-order valence-electron chi connectivity index (χ0n) is 12.0. The first-order valence-corrected chi connectivity index (χ1v) is 6.85. The molecule has 0 bridgehead atoms. The van der Waals surface area contributed by atoms with Crippen LogP contribution in [0.25, 0.3) is 0 Å². The SMILES string of the molecule is CN1CCC(C(=O)c2cccc(N(C)C(N)=O)c2)CC1. The van der Waals surface area contributed by atoms with Gasteiger partial charge in [0.1, 0.15) is 0 Å². The van der Waals surface area contributed by atoms with Crippen LogP contribution in [0.15, 0.2) is 24.3 Å². The van der Waals surface area contributed by atoms with Crippen molar-refractivity contribution in [3.05, 3.63) is 29.8 Å². The second-order valence-corrected chi connectivity index (χ2v) is 5.39. The molecule has 1 aromatic rings. The number of hydrogen-bond acceptors (Lipinski definition) is 3. The first-order chi connectivity index (χ1) is 9.49. The topological polar surface area (TPSA) is 66.6 Å². The minimum absolute atomic E-state index is 0.0836. The van der Waals surface area contributed by atoms with Crippen molar-refractivity contribution in [2.45, 2.75) is 12.8 Å². The summed E-state index contributed by atoms with van der Waals surface area (Å²) in [7, 11) is 3.67. The average Bonchev–Trinajstić information content (AvgIpc) is 2.46. The van der Waals surface area contributed by atoms with Gasteiger partial charge in [-0.2, -0.15) is 0 Å². The number of carbonyl (C=O) groups is 2. The van der Waals surface area contributed by atoms with Crippen LogP contribution in [0.3, 0.4) is 0 Å². The predicted octanol–water partition coefficient (Wildman–Crippen LogP) is 1.73. The number of carbonyl (C=O) groups excluding carboxylic acids is 2. The number of Topliss-reactive ketones (excluding diaryl/α,β-unsaturated/α-hetero) is 1. The molecule has 20 heavy (non-hydrogen) atoms. The molecule has 0 aliphatic carbocycles. The number of hydrogen-bond donors (Lipinski definition) is 1. The fraction of sp³-hybridized carbons (Fsp3) is 0.467. The molecule has 1 aromatic carbocycles. The van der Waals surface area contributed by atoms with Gasteiger partial charge in [-0.3, -0.25) is 9.69 Å². The highest BCUT2D eigenvalue weighted by atomic mass is 16.2. The predicted molar refractivity (Wildman–Crippen MR) is 79.0 cm³/mol. The molecule has 2 rings (SSSR count). The number of primary amides is 1. The first-order valence-electron chi connectivity index (χ1n) is 6.85. The highest BCUT2D eigenvalue weighted by Gasteiger charge is 2.24. The Morgan fingerprint density at radius 1 is 1.30 bits per heavy atom. The Bertz CT molecular complexity index is 508. The Morgan fingerprint density at radius 3 is 2.55 bits per heavy atom. The van der Waals surface area contributed by atoms with Crippen LogP contribution in [-0.4, -0.2) is 43.9 Å². The lowest BCUT2D eigenvalue weighted by atomic mass is 9.89. The third-order valence-corrected chi connectivity index (χ3v) is 3.94. The van der Waals surface area contributed by atoms with E-state index in [0.717, 1.165) is 25.9 Å². The van der Waals surface area contributed by atoms with Crippen LogP contribution in [0.2, 0.25) is 0 Å². The second-order valence-electron chi connectivity index (χ2n) is 5.39. The van der Waals surface area contributed by atoms with Gasteiger partial charge in [0.05, 0.1) is 0 Å². The highest BCUT2D eigenvalue weighted by molar-refractivity contribution is 6.00. The molecule has 1 aliphatic rings. The van der Waals surface area contributed by atoms with Gasteiger partial charge in [0.15, 0.2) is 5.78 Å². The van der Waals surface area contributed by atoms with E-state index in [2.05, 4.69) is 11.9 Å². The third-order valence-electron chi connectivity index (χ3n) is 3.94. The van der Waals surface area contributed by atoms with Crippen molar-refractivity contribution in [2.24, 2.45) is 11.7 Å². The maximum absolute atomic E-state index is 12.5. The van der Waals surface area contributed by atoms with Crippen LogP contribution < -0.4 is 10.6 Å². The van der Waals surface area contributed by atoms with Crippen LogP contribution in [-0.2, 0) is 0 Å². The van der Waals surface area contributed by atoms with Gasteiger partial charge < -0.3 is 10.6 Å². The molecule has 2 N–H and O–H groups in total. The zero-order chi connectivity index (χ0) is 14.7. The van der Waals surface area contributed by atoms with Crippen LogP contribution in [0.1, 0.15) is 23.2 Å². The van der Waals surface area contributed by atoms with Crippen molar-refractivity contribution >= 4 is 17.5 Å². The Morgan fingerprint density at radius 2 is 1.95 bits per heavy atom. The molecule has 0 radical (unpaired) electrons. The lowest BCUT2D eigenvalue weighted by Crippen LogP contribution is -2.34. The summed E-state index contributed by atoms with van der Waals surface area (Å²) in [5.74, 6) is 0.248. The molecule has 0 aromatic heterocycles. The van der Waals surface area contributed by atoms with E-state index in [4.69, 9.17) is 5.73 Å². The zero-order valence-corrected chi connectivity index (χ0v) is 12.0. The Hall–Kier alpha value is -1.88. The number of benzene rings is 1. The number of likely N-dealkylation sites (tertiary alicyclic amines) is 1. The Kier molecular flexibility index (Phi) is 4.39. The molecule has 5 nitrogen and oxygen atoms in total. The molecule has 5 heteroatoms. The number of amides is 2. The molecule has 1 heterocycles. The Balaban J connectivity index is 2.14. The summed E-state index contributed by atoms with van der Waals surface area (Å²) in [6.07, 6.45) is 1.79. The fourth-order valence-corrected chi connectivity index (χ4v) is 2.50. The molecule has 1 aliphatic heterocycles. The maximum Gasteiger partial charge on any atom is 0.318 e. The number of nitrogens with zero attached hydrogens (tertiary/aromatic N) is 2. The highest BCUT2D eigenvalue weighted by Crippen LogP contribution is 2.23. The maximum atomic E-state index is 12.5. The van der Waals surface area contributed by atoms with Crippen molar-refractivity contribution in [1.82, 2.24) is 4.90 Å². The molecule has 0 atom stereocenters. The van der Waals surface area contributed by atoms with Gasteiger partial charge in [0, 0.05) is 24.2 Å². The summed E-state index contributed by atoms with van der Waals surface area (Å²) >= 11 is 0. The average molecular weight is 275 g/mol. The molecule has 108 valence electrons. The number of ketones is 1. The fourth-order valence-electron chi connectivity index (χ4n) is 2.50. The molecule has 1 fully saturated rings. The van der Waals surface area contributed by atoms with Crippen molar-refractivity contribution < 1.29 is 9.59 Å². The van der Waals surface area contributed by atoms with Crippen LogP contribution in [0.5, 0.6) is 0 Å². The summed E-state index contributed by atoms with van der Waals surface area (Å²) in [4.78, 5) is 27.3. The van der Waals surface area contributed by atoms with Gasteiger partial charge >= 0.3 is 6.03 Å². The van der Waals surface area contributed by atoms with Crippen molar-refractivity contribution in [3.8, 4) is 0 Å². The van der Waals surface area contributed by atoms with E-state index >= 15 is 0 Å². The first kappa shape index (κ1) is 14.5. The smallest absolute Gasteiger partial charge is 0.318 e. The Labute approximate surface area is 119 Å². The lowest BCUT2D eigenvalue weighted by Gasteiger charge is -2.28. The standard InChI is InChI=1S/C15H21N3O2/c1-17-8-6-11(7-9-17)14(19)12-4-3-5-13(10-12)18(2)15(16)20/h3-5,10-11H,6-9H2,1-2H3,(H2,16,20). The van der Waals surface area contributed by atoms with Gasteiger partial charge in [-0.15, -0.1) is 0 Å². The van der Waals surface area contributed by atoms with E-state index in [-0.39, 0.29) is 11.7 Å². The molecule has 0 spiro atoms. The van der Waals surface area contributed by atoms with Crippen molar-refractivity contribution in [3.63, 3.8) is 0 Å². The normalized spacial score (nSPS) is 16.9. The number of anilines is 1. The summed E-state index contributed by atoms with van der Waals surface area (Å²) in [5, 5.41) is 0. The summed E-state index contributed by atoms with van der Waals surface area (Å²) in [6, 6.07) is 6.58. The molecule has 0 saturated carbocycles. The monoisotopic (exact) mass is 275 g/mol. The van der Waals surface area contributed by atoms with E-state index in [0.29, 0.717) is 11.3 Å². The number of rotatable bonds is 3. The summed E-state index contributed by atoms with van der Waals surface area (Å²) < 4.78 is 0.